The van der Waals surface area contributed by atoms with E-state index in [1.54, 1.807) is 29.9 Å². The van der Waals surface area contributed by atoms with E-state index in [0.717, 1.165) is 27.3 Å². The van der Waals surface area contributed by atoms with Crippen LogP contribution in [-0.4, -0.2) is 20.9 Å². The van der Waals surface area contributed by atoms with Crippen LogP contribution in [0.1, 0.15) is 12.6 Å². The third kappa shape index (κ3) is 3.84. The number of carbonyl (C=O) groups is 1. The second-order valence-corrected chi connectivity index (χ2v) is 7.60. The zero-order valence-electron chi connectivity index (χ0n) is 14.6. The number of amides is 1. The molecule has 2 aromatic carbocycles. The highest BCUT2D eigenvalue weighted by molar-refractivity contribution is 7.98. The Morgan fingerprint density at radius 1 is 1.07 bits per heavy atom. The topological polar surface area (TPSA) is 59.0 Å². The van der Waals surface area contributed by atoms with Gasteiger partial charge in [0.25, 0.3) is 0 Å². The largest absolute Gasteiger partial charge is 0.274 e. The quantitative estimate of drug-likeness (QED) is 0.351. The number of hydrogen-bond donors (Lipinski definition) is 0. The highest BCUT2D eigenvalue weighted by atomic mass is 32.2. The third-order valence-corrected chi connectivity index (χ3v) is 5.84. The van der Waals surface area contributed by atoms with Crippen molar-refractivity contribution in [3.63, 3.8) is 0 Å². The molecule has 2 heterocycles. The van der Waals surface area contributed by atoms with E-state index in [1.165, 1.54) is 11.3 Å². The minimum absolute atomic E-state index is 0.0588. The van der Waals surface area contributed by atoms with Gasteiger partial charge in [-0.2, -0.15) is 0 Å². The van der Waals surface area contributed by atoms with Gasteiger partial charge in [0, 0.05) is 23.4 Å². The number of benzene rings is 2. The molecule has 4 rings (SSSR count). The summed E-state index contributed by atoms with van der Waals surface area (Å²) in [6.07, 6.45) is 1.59. The molecule has 0 saturated heterocycles. The van der Waals surface area contributed by atoms with Crippen LogP contribution < -0.4 is 4.90 Å². The van der Waals surface area contributed by atoms with Crippen molar-refractivity contribution in [2.75, 3.05) is 4.90 Å². The van der Waals surface area contributed by atoms with Gasteiger partial charge in [-0.25, -0.2) is 15.0 Å². The molecule has 0 saturated carbocycles. The van der Waals surface area contributed by atoms with Crippen molar-refractivity contribution in [2.45, 2.75) is 17.7 Å². The number of thioether (sulfide) groups is 1. The number of anilines is 2. The minimum Gasteiger partial charge on any atom is -0.274 e. The number of aromatic nitrogens is 3. The van der Waals surface area contributed by atoms with Crippen molar-refractivity contribution in [1.29, 1.82) is 0 Å². The standard InChI is InChI=1S/C20H16N4OS2/c1-14(25)24(16-7-3-2-4-8-16)20-23-15(12-27-20)11-26-19-17-9-5-6-10-18(17)21-13-22-19/h2-10,12-13H,11H2,1H3. The maximum absolute atomic E-state index is 12.2. The van der Waals surface area contributed by atoms with Crippen LogP contribution >= 0.6 is 23.1 Å². The van der Waals surface area contributed by atoms with Gasteiger partial charge in [0.2, 0.25) is 5.91 Å². The highest BCUT2D eigenvalue weighted by Gasteiger charge is 2.17. The molecule has 2 aromatic heterocycles. The van der Waals surface area contributed by atoms with Crippen molar-refractivity contribution in [3.05, 3.63) is 72.0 Å². The monoisotopic (exact) mass is 392 g/mol. The Morgan fingerprint density at radius 2 is 1.85 bits per heavy atom. The summed E-state index contributed by atoms with van der Waals surface area (Å²) in [6, 6.07) is 17.5. The maximum Gasteiger partial charge on any atom is 0.230 e. The first-order chi connectivity index (χ1) is 13.2. The van der Waals surface area contributed by atoms with E-state index in [0.29, 0.717) is 10.9 Å². The molecule has 0 radical (unpaired) electrons. The first-order valence-corrected chi connectivity index (χ1v) is 10.2. The Bertz CT molecular complexity index is 1080. The molecule has 0 bridgehead atoms. The fourth-order valence-electron chi connectivity index (χ4n) is 2.71. The van der Waals surface area contributed by atoms with Crippen LogP contribution in [0.4, 0.5) is 10.8 Å². The molecule has 0 aliphatic rings. The van der Waals surface area contributed by atoms with Crippen molar-refractivity contribution >= 4 is 50.7 Å². The summed E-state index contributed by atoms with van der Waals surface area (Å²) in [5.74, 6) is 0.620. The number of carbonyl (C=O) groups excluding carboxylic acids is 1. The number of rotatable bonds is 5. The second kappa shape index (κ2) is 7.85. The molecule has 0 unspecified atom stereocenters. The lowest BCUT2D eigenvalue weighted by Gasteiger charge is -2.17. The summed E-state index contributed by atoms with van der Waals surface area (Å²) in [4.78, 5) is 27.1. The first kappa shape index (κ1) is 17.6. The third-order valence-electron chi connectivity index (χ3n) is 3.92. The molecule has 134 valence electrons. The lowest BCUT2D eigenvalue weighted by Crippen LogP contribution is -2.22. The Labute approximate surface area is 165 Å². The predicted octanol–water partition coefficient (Wildman–Crippen LogP) is 5.06. The van der Waals surface area contributed by atoms with Gasteiger partial charge in [-0.1, -0.05) is 48.2 Å². The first-order valence-electron chi connectivity index (χ1n) is 8.35. The summed E-state index contributed by atoms with van der Waals surface area (Å²) in [6.45, 7) is 1.55. The van der Waals surface area contributed by atoms with E-state index < -0.39 is 0 Å². The number of para-hydroxylation sites is 2. The van der Waals surface area contributed by atoms with Gasteiger partial charge in [-0.05, 0) is 18.2 Å². The molecular weight excluding hydrogens is 376 g/mol. The van der Waals surface area contributed by atoms with Crippen LogP contribution in [0.15, 0.2) is 71.3 Å². The van der Waals surface area contributed by atoms with Gasteiger partial charge in [0.05, 0.1) is 16.9 Å². The molecule has 7 heteroatoms. The van der Waals surface area contributed by atoms with E-state index in [9.17, 15) is 4.79 Å². The van der Waals surface area contributed by atoms with Crippen LogP contribution in [0.2, 0.25) is 0 Å². The van der Waals surface area contributed by atoms with Crippen molar-refractivity contribution in [3.8, 4) is 0 Å². The summed E-state index contributed by atoms with van der Waals surface area (Å²) >= 11 is 3.09. The zero-order chi connectivity index (χ0) is 18.6. The fourth-order valence-corrected chi connectivity index (χ4v) is 4.58. The van der Waals surface area contributed by atoms with Crippen LogP contribution in [0.3, 0.4) is 0 Å². The van der Waals surface area contributed by atoms with E-state index in [1.807, 2.05) is 60.0 Å². The van der Waals surface area contributed by atoms with E-state index >= 15 is 0 Å². The average Bonchev–Trinajstić information content (AvgIpc) is 3.15. The van der Waals surface area contributed by atoms with Crippen molar-refractivity contribution in [2.24, 2.45) is 0 Å². The molecule has 0 N–H and O–H groups in total. The normalized spacial score (nSPS) is 10.9. The summed E-state index contributed by atoms with van der Waals surface area (Å²) in [5.41, 5.74) is 2.67. The Morgan fingerprint density at radius 3 is 2.67 bits per heavy atom. The Balaban J connectivity index is 1.55. The fraction of sp³-hybridized carbons (Fsp3) is 0.100. The van der Waals surface area contributed by atoms with E-state index in [4.69, 9.17) is 0 Å². The predicted molar refractivity (Wildman–Crippen MR) is 110 cm³/mol. The molecule has 0 spiro atoms. The van der Waals surface area contributed by atoms with Crippen molar-refractivity contribution < 1.29 is 4.79 Å². The lowest BCUT2D eigenvalue weighted by molar-refractivity contribution is -0.115. The van der Waals surface area contributed by atoms with Crippen LogP contribution in [0.5, 0.6) is 0 Å². The van der Waals surface area contributed by atoms with Crippen molar-refractivity contribution in [1.82, 2.24) is 15.0 Å². The molecular formula is C20H16N4OS2. The number of nitrogens with zero attached hydrogens (tertiary/aromatic N) is 4. The van der Waals surface area contributed by atoms with Gasteiger partial charge < -0.3 is 0 Å². The van der Waals surface area contributed by atoms with Crippen LogP contribution in [0.25, 0.3) is 10.9 Å². The molecule has 5 nitrogen and oxygen atoms in total. The lowest BCUT2D eigenvalue weighted by atomic mass is 10.2. The van der Waals surface area contributed by atoms with Gasteiger partial charge in [-0.15, -0.1) is 11.3 Å². The average molecular weight is 393 g/mol. The number of hydrogen-bond acceptors (Lipinski definition) is 6. The molecule has 27 heavy (non-hydrogen) atoms. The molecule has 0 aliphatic carbocycles. The van der Waals surface area contributed by atoms with Crippen LogP contribution in [0, 0.1) is 0 Å². The highest BCUT2D eigenvalue weighted by Crippen LogP contribution is 2.32. The maximum atomic E-state index is 12.2. The van der Waals surface area contributed by atoms with E-state index in [2.05, 4.69) is 15.0 Å². The molecule has 1 amide bonds. The van der Waals surface area contributed by atoms with Gasteiger partial charge in [0.15, 0.2) is 5.13 Å². The summed E-state index contributed by atoms with van der Waals surface area (Å²) in [5, 5.41) is 4.64. The smallest absolute Gasteiger partial charge is 0.230 e. The summed E-state index contributed by atoms with van der Waals surface area (Å²) in [7, 11) is 0. The van der Waals surface area contributed by atoms with E-state index in [-0.39, 0.29) is 5.91 Å². The van der Waals surface area contributed by atoms with Crippen LogP contribution in [-0.2, 0) is 10.5 Å². The Kier molecular flexibility index (Phi) is 5.13. The molecule has 0 atom stereocenters. The Hall–Kier alpha value is -2.77. The zero-order valence-corrected chi connectivity index (χ0v) is 16.2. The summed E-state index contributed by atoms with van der Waals surface area (Å²) < 4.78 is 0. The van der Waals surface area contributed by atoms with Gasteiger partial charge >= 0.3 is 0 Å². The molecule has 4 aromatic rings. The molecule has 0 fully saturated rings. The number of fused-ring (bicyclic) bond motifs is 1. The van der Waals surface area contributed by atoms with Gasteiger partial charge in [-0.3, -0.25) is 9.69 Å². The second-order valence-electron chi connectivity index (χ2n) is 5.80. The SMILES string of the molecule is CC(=O)N(c1ccccc1)c1nc(CSc2ncnc3ccccc23)cs1. The van der Waals surface area contributed by atoms with Gasteiger partial charge in [0.1, 0.15) is 11.4 Å². The number of thiazole rings is 1. The minimum atomic E-state index is -0.0588. The molecule has 0 aliphatic heterocycles.